The molecular weight excluding hydrogens is 203 g/mol. The first kappa shape index (κ1) is 12.0. The predicted molar refractivity (Wildman–Crippen MR) is 52.6 cm³/mol. The van der Waals surface area contributed by atoms with Gasteiger partial charge in [0.1, 0.15) is 0 Å². The number of hydrogen-bond donors (Lipinski definition) is 0. The summed E-state index contributed by atoms with van der Waals surface area (Å²) >= 11 is 0. The van der Waals surface area contributed by atoms with Crippen LogP contribution in [0.2, 0.25) is 0 Å². The van der Waals surface area contributed by atoms with E-state index in [1.807, 2.05) is 20.8 Å². The van der Waals surface area contributed by atoms with Crippen molar-refractivity contribution in [3.63, 3.8) is 0 Å². The average Bonchev–Trinajstić information content (AvgIpc) is 2.17. The van der Waals surface area contributed by atoms with Crippen molar-refractivity contribution in [2.75, 3.05) is 0 Å². The fourth-order valence-electron chi connectivity index (χ4n) is 1.16. The summed E-state index contributed by atoms with van der Waals surface area (Å²) in [5, 5.41) is 0. The number of aromatic nitrogens is 1. The average molecular weight is 217 g/mol. The Balaban J connectivity index is 3.14. The molecule has 0 aliphatic carbocycles. The summed E-state index contributed by atoms with van der Waals surface area (Å²) in [4.78, 5) is 4.00. The van der Waals surface area contributed by atoms with Gasteiger partial charge in [0.05, 0.1) is 5.56 Å². The van der Waals surface area contributed by atoms with Crippen LogP contribution in [-0.2, 0) is 11.6 Å². The fraction of sp³-hybridized carbons (Fsp3) is 0.545. The van der Waals surface area contributed by atoms with E-state index in [0.29, 0.717) is 5.69 Å². The van der Waals surface area contributed by atoms with Crippen LogP contribution in [0.3, 0.4) is 0 Å². The third-order valence-electron chi connectivity index (χ3n) is 2.66. The van der Waals surface area contributed by atoms with Crippen molar-refractivity contribution < 1.29 is 13.2 Å². The Kier molecular flexibility index (Phi) is 3.07. The summed E-state index contributed by atoms with van der Waals surface area (Å²) in [6.45, 7) is 5.70. The number of rotatable bonds is 2. The maximum absolute atomic E-state index is 12.4. The van der Waals surface area contributed by atoms with Gasteiger partial charge in [-0.1, -0.05) is 20.8 Å². The van der Waals surface area contributed by atoms with E-state index in [4.69, 9.17) is 0 Å². The van der Waals surface area contributed by atoms with Gasteiger partial charge in [-0.05, 0) is 18.6 Å². The number of halogens is 3. The van der Waals surface area contributed by atoms with Crippen molar-refractivity contribution in [1.29, 1.82) is 0 Å². The van der Waals surface area contributed by atoms with E-state index in [9.17, 15) is 13.2 Å². The summed E-state index contributed by atoms with van der Waals surface area (Å²) in [7, 11) is 0. The highest BCUT2D eigenvalue weighted by atomic mass is 19.4. The molecule has 1 heterocycles. The highest BCUT2D eigenvalue weighted by Gasteiger charge is 2.32. The smallest absolute Gasteiger partial charge is 0.261 e. The molecule has 1 aromatic heterocycles. The van der Waals surface area contributed by atoms with Crippen molar-refractivity contribution in [2.24, 2.45) is 0 Å². The zero-order valence-electron chi connectivity index (χ0n) is 9.02. The largest absolute Gasteiger partial charge is 0.416 e. The van der Waals surface area contributed by atoms with Crippen LogP contribution in [0.1, 0.15) is 38.4 Å². The molecule has 1 nitrogen and oxygen atoms in total. The standard InChI is InChI=1S/C11H14F3N/c1-4-10(2,3)9-7-8(5-6-15-9)11(12,13)14/h5-7H,4H2,1-3H3. The van der Waals surface area contributed by atoms with Gasteiger partial charge in [-0.3, -0.25) is 4.98 Å². The summed E-state index contributed by atoms with van der Waals surface area (Å²) in [6.07, 6.45) is -2.32. The Morgan fingerprint density at radius 1 is 1.27 bits per heavy atom. The first-order valence-corrected chi connectivity index (χ1v) is 4.81. The lowest BCUT2D eigenvalue weighted by molar-refractivity contribution is -0.137. The molecule has 0 amide bonds. The summed E-state index contributed by atoms with van der Waals surface area (Å²) in [5.41, 5.74) is -0.463. The minimum absolute atomic E-state index is 0.318. The summed E-state index contributed by atoms with van der Waals surface area (Å²) in [6, 6.07) is 2.12. The number of alkyl halides is 3. The van der Waals surface area contributed by atoms with Gasteiger partial charge < -0.3 is 0 Å². The molecule has 0 radical (unpaired) electrons. The molecule has 0 aromatic carbocycles. The van der Waals surface area contributed by atoms with Gasteiger partial charge in [-0.2, -0.15) is 13.2 Å². The summed E-state index contributed by atoms with van der Waals surface area (Å²) < 4.78 is 37.3. The fourth-order valence-corrected chi connectivity index (χ4v) is 1.16. The molecule has 4 heteroatoms. The highest BCUT2D eigenvalue weighted by Crippen LogP contribution is 2.32. The molecule has 0 spiro atoms. The molecule has 0 N–H and O–H groups in total. The predicted octanol–water partition coefficient (Wildman–Crippen LogP) is 3.79. The van der Waals surface area contributed by atoms with Gasteiger partial charge in [0.2, 0.25) is 0 Å². The molecule has 84 valence electrons. The van der Waals surface area contributed by atoms with Crippen molar-refractivity contribution >= 4 is 0 Å². The monoisotopic (exact) mass is 217 g/mol. The zero-order valence-corrected chi connectivity index (χ0v) is 9.02. The molecule has 0 saturated carbocycles. The number of hydrogen-bond acceptors (Lipinski definition) is 1. The van der Waals surface area contributed by atoms with Gasteiger partial charge in [-0.15, -0.1) is 0 Å². The van der Waals surface area contributed by atoms with Crippen LogP contribution < -0.4 is 0 Å². The molecule has 0 aliphatic heterocycles. The Bertz CT molecular complexity index is 342. The number of pyridine rings is 1. The van der Waals surface area contributed by atoms with Crippen molar-refractivity contribution in [2.45, 2.75) is 38.8 Å². The Morgan fingerprint density at radius 3 is 2.33 bits per heavy atom. The third-order valence-corrected chi connectivity index (χ3v) is 2.66. The number of nitrogens with zero attached hydrogens (tertiary/aromatic N) is 1. The highest BCUT2D eigenvalue weighted by molar-refractivity contribution is 5.24. The minimum Gasteiger partial charge on any atom is -0.261 e. The van der Waals surface area contributed by atoms with Gasteiger partial charge in [-0.25, -0.2) is 0 Å². The van der Waals surface area contributed by atoms with Crippen LogP contribution in [0.25, 0.3) is 0 Å². The zero-order chi connectivity index (χ0) is 11.7. The maximum atomic E-state index is 12.4. The van der Waals surface area contributed by atoms with Crippen molar-refractivity contribution in [3.05, 3.63) is 29.6 Å². The Labute approximate surface area is 87.3 Å². The Hall–Kier alpha value is -1.06. The molecule has 0 saturated heterocycles. The molecule has 0 unspecified atom stereocenters. The molecule has 1 aromatic rings. The van der Waals surface area contributed by atoms with E-state index in [1.54, 1.807) is 0 Å². The van der Waals surface area contributed by atoms with Gasteiger partial charge in [0.25, 0.3) is 0 Å². The lowest BCUT2D eigenvalue weighted by atomic mass is 9.85. The van der Waals surface area contributed by atoms with Crippen molar-refractivity contribution in [3.8, 4) is 0 Å². The Morgan fingerprint density at radius 2 is 1.87 bits per heavy atom. The van der Waals surface area contributed by atoms with E-state index in [0.717, 1.165) is 18.6 Å². The van der Waals surface area contributed by atoms with E-state index in [1.165, 1.54) is 6.20 Å². The third kappa shape index (κ3) is 2.70. The van der Waals surface area contributed by atoms with Gasteiger partial charge in [0, 0.05) is 17.3 Å². The summed E-state index contributed by atoms with van der Waals surface area (Å²) in [5.74, 6) is 0. The van der Waals surface area contributed by atoms with Crippen LogP contribution >= 0.6 is 0 Å². The molecule has 0 bridgehead atoms. The second kappa shape index (κ2) is 3.83. The van der Waals surface area contributed by atoms with E-state index >= 15 is 0 Å². The van der Waals surface area contributed by atoms with Crippen LogP contribution in [0, 0.1) is 0 Å². The van der Waals surface area contributed by atoms with Crippen LogP contribution in [0.15, 0.2) is 18.3 Å². The molecule has 0 fully saturated rings. The molecule has 0 atom stereocenters. The molecule has 0 aliphatic rings. The van der Waals surface area contributed by atoms with Crippen LogP contribution in [-0.4, -0.2) is 4.98 Å². The van der Waals surface area contributed by atoms with E-state index in [2.05, 4.69) is 4.98 Å². The quantitative estimate of drug-likeness (QED) is 0.734. The van der Waals surface area contributed by atoms with Crippen molar-refractivity contribution in [1.82, 2.24) is 4.98 Å². The lowest BCUT2D eigenvalue weighted by Gasteiger charge is -2.22. The molecule has 15 heavy (non-hydrogen) atoms. The molecular formula is C11H14F3N. The maximum Gasteiger partial charge on any atom is 0.416 e. The van der Waals surface area contributed by atoms with Gasteiger partial charge in [0.15, 0.2) is 0 Å². The normalized spacial score (nSPS) is 12.9. The topological polar surface area (TPSA) is 12.9 Å². The minimum atomic E-state index is -4.29. The van der Waals surface area contributed by atoms with Crippen LogP contribution in [0.5, 0.6) is 0 Å². The first-order valence-electron chi connectivity index (χ1n) is 4.81. The van der Waals surface area contributed by atoms with Crippen LogP contribution in [0.4, 0.5) is 13.2 Å². The first-order chi connectivity index (χ1) is 6.77. The van der Waals surface area contributed by atoms with E-state index < -0.39 is 11.7 Å². The van der Waals surface area contributed by atoms with E-state index in [-0.39, 0.29) is 5.41 Å². The second-order valence-electron chi connectivity index (χ2n) is 4.16. The second-order valence-corrected chi connectivity index (χ2v) is 4.16. The van der Waals surface area contributed by atoms with Gasteiger partial charge >= 0.3 is 6.18 Å². The molecule has 1 rings (SSSR count). The lowest BCUT2D eigenvalue weighted by Crippen LogP contribution is -2.18. The SMILES string of the molecule is CCC(C)(C)c1cc(C(F)(F)F)ccn1.